The highest BCUT2D eigenvalue weighted by atomic mass is 16.7. The maximum Gasteiger partial charge on any atom is 0.334 e. The number of benzene rings is 4. The normalized spacial score (nSPS) is 20.7. The third-order valence-corrected chi connectivity index (χ3v) is 7.74. The van der Waals surface area contributed by atoms with Crippen LogP contribution in [0.15, 0.2) is 121 Å². The van der Waals surface area contributed by atoms with Crippen molar-refractivity contribution in [3.8, 4) is 0 Å². The molecule has 48 heavy (non-hydrogen) atoms. The van der Waals surface area contributed by atoms with Gasteiger partial charge in [-0.25, -0.2) is 4.79 Å². The molecule has 0 saturated carbocycles. The minimum absolute atomic E-state index is 0.156. The molecule has 0 aliphatic carbocycles. The lowest BCUT2D eigenvalue weighted by molar-refractivity contribution is -0.321. The average molecular weight is 657 g/mol. The number of hydrogen-bond acceptors (Lipinski definition) is 9. The summed E-state index contributed by atoms with van der Waals surface area (Å²) in [6.45, 7) is 1.67. The van der Waals surface area contributed by atoms with E-state index in [0.29, 0.717) is 19.8 Å². The second-order valence-corrected chi connectivity index (χ2v) is 11.4. The van der Waals surface area contributed by atoms with Crippen molar-refractivity contribution in [3.05, 3.63) is 144 Å². The van der Waals surface area contributed by atoms with Crippen molar-refractivity contribution < 1.29 is 42.7 Å². The van der Waals surface area contributed by atoms with E-state index in [2.05, 4.69) is 0 Å². The number of ether oxygens (including phenoxy) is 8. The van der Waals surface area contributed by atoms with Crippen molar-refractivity contribution in [2.24, 2.45) is 0 Å². The summed E-state index contributed by atoms with van der Waals surface area (Å²) in [6.07, 6.45) is -3.98. The molecule has 0 N–H and O–H groups in total. The fraction of sp³-hybridized carbons (Fsp3) is 0.359. The highest BCUT2D eigenvalue weighted by Gasteiger charge is 2.50. The summed E-state index contributed by atoms with van der Waals surface area (Å²) in [5, 5.41) is 0. The average Bonchev–Trinajstić information content (AvgIpc) is 3.13. The number of carbonyl (C=O) groups excluding carboxylic acids is 1. The molecule has 1 unspecified atom stereocenters. The van der Waals surface area contributed by atoms with Crippen LogP contribution in [0, 0.1) is 0 Å². The fourth-order valence-corrected chi connectivity index (χ4v) is 5.30. The minimum atomic E-state index is -1.13. The van der Waals surface area contributed by atoms with Gasteiger partial charge in [0.05, 0.1) is 46.2 Å². The van der Waals surface area contributed by atoms with Gasteiger partial charge in [-0.3, -0.25) is 0 Å². The van der Waals surface area contributed by atoms with Crippen molar-refractivity contribution in [1.29, 1.82) is 0 Å². The van der Waals surface area contributed by atoms with Crippen LogP contribution in [0.2, 0.25) is 0 Å². The van der Waals surface area contributed by atoms with Crippen molar-refractivity contribution >= 4 is 5.97 Å². The van der Waals surface area contributed by atoms with Crippen LogP contribution < -0.4 is 0 Å². The molecule has 1 aliphatic heterocycles. The van der Waals surface area contributed by atoms with Gasteiger partial charge in [0.15, 0.2) is 0 Å². The first-order chi connectivity index (χ1) is 23.7. The zero-order valence-electron chi connectivity index (χ0n) is 27.3. The molecule has 0 bridgehead atoms. The molecular weight excluding hydrogens is 612 g/mol. The Kier molecular flexibility index (Phi) is 14.6. The molecular formula is C39H44O9. The minimum Gasteiger partial charge on any atom is -0.431 e. The standard InChI is InChI=1S/C39H44O9/c1-41-22-23-42-29-35(40)48-39-38(46-27-33-20-12-5-13-21-33)37(45-26-32-18-10-4-11-19-32)36(44-25-31-16-8-3-9-17-31)34(47-39)28-43-24-30-14-6-2-7-15-30/h2-21,34,36-39H,22-29H2,1H3/t34-,36-,37+,38-,39?/m1/s1. The van der Waals surface area contributed by atoms with Gasteiger partial charge in [-0.15, -0.1) is 0 Å². The van der Waals surface area contributed by atoms with Crippen LogP contribution in [0.25, 0.3) is 0 Å². The summed E-state index contributed by atoms with van der Waals surface area (Å²) in [6, 6.07) is 39.4. The summed E-state index contributed by atoms with van der Waals surface area (Å²) in [7, 11) is 1.57. The van der Waals surface area contributed by atoms with Gasteiger partial charge in [0, 0.05) is 7.11 Å². The van der Waals surface area contributed by atoms with Crippen LogP contribution in [0.1, 0.15) is 22.3 Å². The summed E-state index contributed by atoms with van der Waals surface area (Å²) >= 11 is 0. The number of esters is 1. The van der Waals surface area contributed by atoms with Crippen molar-refractivity contribution in [2.75, 3.05) is 33.5 Å². The lowest BCUT2D eigenvalue weighted by Crippen LogP contribution is -2.62. The van der Waals surface area contributed by atoms with E-state index in [-0.39, 0.29) is 33.0 Å². The molecule has 9 nitrogen and oxygen atoms in total. The van der Waals surface area contributed by atoms with Gasteiger partial charge in [-0.2, -0.15) is 0 Å². The maximum absolute atomic E-state index is 13.1. The van der Waals surface area contributed by atoms with Crippen LogP contribution in [0.3, 0.4) is 0 Å². The molecule has 1 fully saturated rings. The third kappa shape index (κ3) is 11.4. The molecule has 4 aromatic rings. The molecule has 5 atom stereocenters. The lowest BCUT2D eigenvalue weighted by atomic mass is 9.97. The summed E-state index contributed by atoms with van der Waals surface area (Å²) in [5.41, 5.74) is 3.94. The smallest absolute Gasteiger partial charge is 0.334 e. The zero-order chi connectivity index (χ0) is 33.2. The summed E-state index contributed by atoms with van der Waals surface area (Å²) in [5.74, 6) is -0.598. The number of carbonyl (C=O) groups is 1. The highest BCUT2D eigenvalue weighted by molar-refractivity contribution is 5.70. The van der Waals surface area contributed by atoms with E-state index in [9.17, 15) is 4.79 Å². The summed E-state index contributed by atoms with van der Waals surface area (Å²) < 4.78 is 48.9. The van der Waals surface area contributed by atoms with E-state index in [0.717, 1.165) is 22.3 Å². The molecule has 0 radical (unpaired) electrons. The first kappa shape index (κ1) is 35.4. The SMILES string of the molecule is COCCOCC(=O)OC1O[C@H](COCc2ccccc2)[C@@H](OCc2ccccc2)[C@H](OCc2ccccc2)[C@H]1OCc1ccccc1. The first-order valence-corrected chi connectivity index (χ1v) is 16.2. The lowest BCUT2D eigenvalue weighted by Gasteiger charge is -2.45. The molecule has 254 valence electrons. The molecule has 1 saturated heterocycles. The Morgan fingerprint density at radius 2 is 1.02 bits per heavy atom. The largest absolute Gasteiger partial charge is 0.431 e. The predicted octanol–water partition coefficient (Wildman–Crippen LogP) is 5.89. The van der Waals surface area contributed by atoms with Crippen LogP contribution in [0.4, 0.5) is 0 Å². The van der Waals surface area contributed by atoms with Gasteiger partial charge >= 0.3 is 5.97 Å². The topological polar surface area (TPSA) is 90.9 Å². The quantitative estimate of drug-likeness (QED) is 0.0906. The Bertz CT molecular complexity index is 1440. The molecule has 9 heteroatoms. The van der Waals surface area contributed by atoms with E-state index in [1.54, 1.807) is 7.11 Å². The second kappa shape index (κ2) is 19.8. The van der Waals surface area contributed by atoms with Gasteiger partial charge in [-0.05, 0) is 22.3 Å². The zero-order valence-corrected chi connectivity index (χ0v) is 27.3. The number of rotatable bonds is 19. The van der Waals surface area contributed by atoms with Crippen molar-refractivity contribution in [3.63, 3.8) is 0 Å². The Morgan fingerprint density at radius 3 is 1.52 bits per heavy atom. The van der Waals surface area contributed by atoms with E-state index in [4.69, 9.17) is 37.9 Å². The Morgan fingerprint density at radius 1 is 0.562 bits per heavy atom. The Balaban J connectivity index is 1.42. The molecule has 0 spiro atoms. The van der Waals surface area contributed by atoms with Gasteiger partial charge in [0.25, 0.3) is 0 Å². The van der Waals surface area contributed by atoms with E-state index in [1.807, 2.05) is 121 Å². The van der Waals surface area contributed by atoms with Crippen LogP contribution >= 0.6 is 0 Å². The van der Waals surface area contributed by atoms with Gasteiger partial charge < -0.3 is 37.9 Å². The van der Waals surface area contributed by atoms with E-state index < -0.39 is 36.7 Å². The number of hydrogen-bond donors (Lipinski definition) is 0. The molecule has 5 rings (SSSR count). The first-order valence-electron chi connectivity index (χ1n) is 16.2. The maximum atomic E-state index is 13.1. The second-order valence-electron chi connectivity index (χ2n) is 11.4. The predicted molar refractivity (Wildman–Crippen MR) is 179 cm³/mol. The highest BCUT2D eigenvalue weighted by Crippen LogP contribution is 2.32. The van der Waals surface area contributed by atoms with Crippen LogP contribution in [0.5, 0.6) is 0 Å². The van der Waals surface area contributed by atoms with Crippen molar-refractivity contribution in [2.45, 2.75) is 57.1 Å². The van der Waals surface area contributed by atoms with E-state index in [1.165, 1.54) is 0 Å². The van der Waals surface area contributed by atoms with Crippen molar-refractivity contribution in [1.82, 2.24) is 0 Å². The number of methoxy groups -OCH3 is 1. The van der Waals surface area contributed by atoms with Gasteiger partial charge in [0.2, 0.25) is 6.29 Å². The fourth-order valence-electron chi connectivity index (χ4n) is 5.30. The molecule has 0 amide bonds. The molecule has 1 heterocycles. The summed E-state index contributed by atoms with van der Waals surface area (Å²) in [4.78, 5) is 13.1. The monoisotopic (exact) mass is 656 g/mol. The Labute approximate surface area is 282 Å². The molecule has 4 aromatic carbocycles. The van der Waals surface area contributed by atoms with Gasteiger partial charge in [-0.1, -0.05) is 121 Å². The van der Waals surface area contributed by atoms with E-state index >= 15 is 0 Å². The van der Waals surface area contributed by atoms with Gasteiger partial charge in [0.1, 0.15) is 31.0 Å². The Hall–Kier alpha value is -3.93. The van der Waals surface area contributed by atoms with Crippen LogP contribution in [-0.4, -0.2) is 70.2 Å². The molecule has 0 aromatic heterocycles. The third-order valence-electron chi connectivity index (χ3n) is 7.74. The molecule has 1 aliphatic rings. The van der Waals surface area contributed by atoms with Crippen LogP contribution in [-0.2, 0) is 69.1 Å².